The maximum Gasteiger partial charge on any atom is 0.192 e. The molecule has 0 aliphatic heterocycles. The highest BCUT2D eigenvalue weighted by Crippen LogP contribution is 2.81. The highest BCUT2D eigenvalue weighted by molar-refractivity contribution is 14.3. The third-order valence-corrected chi connectivity index (χ3v) is 57.1. The van der Waals surface area contributed by atoms with Crippen LogP contribution in [0.3, 0.4) is 0 Å². The molecule has 0 unspecified atom stereocenters. The molecule has 0 saturated heterocycles. The highest BCUT2D eigenvalue weighted by Gasteiger charge is 2.79. The van der Waals surface area contributed by atoms with Crippen molar-refractivity contribution in [3.63, 3.8) is 0 Å². The molecule has 0 saturated carbocycles. The minimum Gasteiger partial charge on any atom is -0.369 e. The molecule has 1 N–H and O–H groups in total. The lowest BCUT2D eigenvalue weighted by Crippen LogP contribution is -2.71. The van der Waals surface area contributed by atoms with Gasteiger partial charge in [0.2, 0.25) is 0 Å². The summed E-state index contributed by atoms with van der Waals surface area (Å²) in [5, 5.41) is 11.1. The van der Waals surface area contributed by atoms with E-state index >= 15 is 0 Å². The van der Waals surface area contributed by atoms with Gasteiger partial charge in [0.15, 0.2) is 1.61 Å². The summed E-state index contributed by atoms with van der Waals surface area (Å²) in [6, 6.07) is 0. The van der Waals surface area contributed by atoms with E-state index in [1.165, 1.54) is 0 Å². The molecular formula is C9HI19O. The van der Waals surface area contributed by atoms with Gasteiger partial charge in [-0.2, -0.15) is 0 Å². The maximum atomic E-state index is 11.1. The summed E-state index contributed by atoms with van der Waals surface area (Å²) in [5.41, 5.74) is 0. The van der Waals surface area contributed by atoms with Crippen molar-refractivity contribution < 1.29 is 5.11 Å². The molecule has 0 atom stereocenters. The van der Waals surface area contributed by atoms with Crippen LogP contribution in [0, 0.1) is 0 Å². The zero-order valence-corrected chi connectivity index (χ0v) is 53.1. The summed E-state index contributed by atoms with van der Waals surface area (Å²) in [6.45, 7) is 0. The van der Waals surface area contributed by atoms with Crippen LogP contribution in [-0.4, -0.2) is 16.2 Å². The van der Waals surface area contributed by atoms with Crippen LogP contribution < -0.4 is 0 Å². The lowest BCUT2D eigenvalue weighted by atomic mass is 10.0. The Morgan fingerprint density at radius 2 is 0.517 bits per heavy atom. The van der Waals surface area contributed by atoms with Crippen molar-refractivity contribution in [3.8, 4) is 0 Å². The Kier molecular flexibility index (Phi) is 22.4. The van der Waals surface area contributed by atoms with Crippen LogP contribution in [-0.2, 0) is 0 Å². The molecule has 29 heavy (non-hydrogen) atoms. The molecule has 0 aromatic carbocycles. The minimum atomic E-state index is -0.906. The first-order valence-electron chi connectivity index (χ1n) is 5.81. The van der Waals surface area contributed by atoms with Crippen molar-refractivity contribution in [1.29, 1.82) is 0 Å². The summed E-state index contributed by atoms with van der Waals surface area (Å²) in [6.07, 6.45) is 0. The highest BCUT2D eigenvalue weighted by atomic mass is 127. The number of alkyl halides is 19. The van der Waals surface area contributed by atoms with Crippen LogP contribution in [0.5, 0.6) is 0 Å². The molecule has 0 radical (unpaired) electrons. The zero-order valence-electron chi connectivity index (χ0n) is 12.1. The van der Waals surface area contributed by atoms with Gasteiger partial charge in [-0.15, -0.1) is 0 Å². The van der Waals surface area contributed by atoms with Gasteiger partial charge in [-0.25, -0.2) is 0 Å². The summed E-state index contributed by atoms with van der Waals surface area (Å²) >= 11 is 48.8. The molecule has 1 nitrogen and oxygen atoms in total. The molecule has 0 heterocycles. The van der Waals surface area contributed by atoms with Gasteiger partial charge in [-0.05, 0) is 45.2 Å². The van der Waals surface area contributed by atoms with Crippen LogP contribution in [0.4, 0.5) is 0 Å². The molecule has 0 aliphatic rings. The molecule has 0 aromatic heterocycles. The molecular weight excluding hydrogens is 2540 g/mol. The third-order valence-electron chi connectivity index (χ3n) is 3.17. The Morgan fingerprint density at radius 1 is 0.310 bits per heavy atom. The largest absolute Gasteiger partial charge is 0.369 e. The van der Waals surface area contributed by atoms with Gasteiger partial charge in [-0.1, -0.05) is 384 Å². The second-order valence-corrected chi connectivity index (χ2v) is 60.5. The van der Waals surface area contributed by atoms with E-state index in [1.807, 2.05) is 0 Å². The van der Waals surface area contributed by atoms with E-state index in [4.69, 9.17) is 0 Å². The van der Waals surface area contributed by atoms with Crippen molar-refractivity contribution in [3.05, 3.63) is 0 Å². The second-order valence-electron chi connectivity index (χ2n) is 5.07. The summed E-state index contributed by atoms with van der Waals surface area (Å²) in [7, 11) is 0. The lowest BCUT2D eigenvalue weighted by Gasteiger charge is -2.60. The average molecular weight is 2540 g/mol. The SMILES string of the molecule is OC(I)(I)C(I)(I)C(I)(I)C(I)(I)C(I)(I)C(I)(I)C(I)(C(I)(I)I)C(I)(I)I. The van der Waals surface area contributed by atoms with Crippen molar-refractivity contribution in [2.24, 2.45) is 0 Å². The topological polar surface area (TPSA) is 20.2 Å². The van der Waals surface area contributed by atoms with Gasteiger partial charge in [-0.3, -0.25) is 0 Å². The first-order chi connectivity index (χ1) is 12.0. The van der Waals surface area contributed by atoms with E-state index in [9.17, 15) is 5.11 Å². The molecule has 0 amide bonds. The molecule has 0 aromatic rings. The van der Waals surface area contributed by atoms with E-state index in [0.717, 1.165) is 0 Å². The van der Waals surface area contributed by atoms with Crippen LogP contribution >= 0.6 is 429 Å². The Balaban J connectivity index is 7.04. The van der Waals surface area contributed by atoms with Crippen molar-refractivity contribution >= 4 is 429 Å². The van der Waals surface area contributed by atoms with Crippen molar-refractivity contribution in [1.82, 2.24) is 0 Å². The lowest BCUT2D eigenvalue weighted by molar-refractivity contribution is 0.257. The Labute approximate surface area is 430 Å². The molecule has 0 fully saturated rings. The average Bonchev–Trinajstić information content (AvgIpc) is 2.41. The fourth-order valence-electron chi connectivity index (χ4n) is 1.51. The molecule has 0 rings (SSSR count). The number of aliphatic hydroxyl groups is 1. The Bertz CT molecular complexity index is 589. The first kappa shape index (κ1) is 42.8. The Hall–Kier alpha value is 13.8. The standard InChI is InChI=1S/C9HI19O/c10-1(7(21,22)23,8(24,25)26)2(11,12)3(13,14)4(15,16)5(17,18)6(19,20)9(27,28)29/h29H. The smallest absolute Gasteiger partial charge is 0.192 e. The number of halogens is 19. The van der Waals surface area contributed by atoms with E-state index in [0.29, 0.717) is 0 Å². The van der Waals surface area contributed by atoms with Crippen LogP contribution in [0.2, 0.25) is 0 Å². The fourth-order valence-corrected chi connectivity index (χ4v) is 35.8. The van der Waals surface area contributed by atoms with Gasteiger partial charge in [0.1, 0.15) is 9.43 Å². The predicted molar refractivity (Wildman–Crippen MR) is 293 cm³/mol. The summed E-state index contributed by atoms with van der Waals surface area (Å²) in [4.78, 5) is 0. The fraction of sp³-hybridized carbons (Fsp3) is 1.00. The third kappa shape index (κ3) is 9.01. The van der Waals surface area contributed by atoms with E-state index in [1.54, 1.807) is 0 Å². The van der Waals surface area contributed by atoms with Gasteiger partial charge in [0.25, 0.3) is 0 Å². The van der Waals surface area contributed by atoms with E-state index < -0.39 is 3.04 Å². The van der Waals surface area contributed by atoms with Gasteiger partial charge in [0, 0.05) is 0 Å². The molecule has 0 bridgehead atoms. The molecule has 176 valence electrons. The number of hydrogen-bond donors (Lipinski definition) is 1. The minimum absolute atomic E-state index is 0.0318. The monoisotopic (exact) mass is 2540 g/mol. The summed E-state index contributed by atoms with van der Waals surface area (Å²) < 4.78 is -2.37. The van der Waals surface area contributed by atoms with Gasteiger partial charge < -0.3 is 5.11 Å². The second kappa shape index (κ2) is 15.2. The number of hydrogen-bond acceptors (Lipinski definition) is 1. The first-order valence-corrected chi connectivity index (χ1v) is 26.3. The van der Waals surface area contributed by atoms with Gasteiger partial charge >= 0.3 is 0 Å². The normalized spacial score (nSPS) is 17.0. The Morgan fingerprint density at radius 3 is 0.724 bits per heavy atom. The maximum absolute atomic E-state index is 11.1. The van der Waals surface area contributed by atoms with E-state index in [2.05, 4.69) is 429 Å². The quantitative estimate of drug-likeness (QED) is 0.190. The van der Waals surface area contributed by atoms with Gasteiger partial charge in [0.05, 0.1) is 0 Å². The number of rotatable bonds is 8. The predicted octanol–water partition coefficient (Wildman–Crippen LogP) is 14.4. The molecule has 20 heteroatoms. The van der Waals surface area contributed by atoms with Crippen molar-refractivity contribution in [2.45, 2.75) is 11.0 Å². The zero-order chi connectivity index (χ0) is 24.5. The molecule has 0 aliphatic carbocycles. The van der Waals surface area contributed by atoms with Crippen LogP contribution in [0.15, 0.2) is 0 Å². The van der Waals surface area contributed by atoms with Crippen LogP contribution in [0.1, 0.15) is 0 Å². The summed E-state index contributed by atoms with van der Waals surface area (Å²) in [5.74, 6) is 0. The molecule has 0 spiro atoms. The van der Waals surface area contributed by atoms with Crippen LogP contribution in [0.25, 0.3) is 0 Å². The van der Waals surface area contributed by atoms with E-state index in [-0.39, 0.29) is 8.01 Å². The van der Waals surface area contributed by atoms with Crippen molar-refractivity contribution in [2.75, 3.05) is 0 Å².